The number of fused-ring (bicyclic) bond motifs is 1. The maximum absolute atomic E-state index is 13.3. The molecular formula is C15H12F4N2O3. The third-order valence-electron chi connectivity index (χ3n) is 3.79. The van der Waals surface area contributed by atoms with Gasteiger partial charge in [-0.2, -0.15) is 13.2 Å². The minimum atomic E-state index is -4.60. The van der Waals surface area contributed by atoms with Crippen LogP contribution in [0.3, 0.4) is 0 Å². The molecule has 0 radical (unpaired) electrons. The van der Waals surface area contributed by atoms with Crippen molar-refractivity contribution < 1.29 is 27.1 Å². The minimum Gasteiger partial charge on any atom is -0.365 e. The molecule has 0 spiro atoms. The van der Waals surface area contributed by atoms with Crippen molar-refractivity contribution in [2.24, 2.45) is 0 Å². The topological polar surface area (TPSA) is 62.4 Å². The number of halogens is 4. The van der Waals surface area contributed by atoms with Crippen LogP contribution in [0.15, 0.2) is 29.2 Å². The first-order valence-electron chi connectivity index (χ1n) is 7.06. The molecule has 1 aromatic heterocycles. The molecule has 0 aliphatic carbocycles. The van der Waals surface area contributed by atoms with Crippen LogP contribution in [0.4, 0.5) is 17.6 Å². The van der Waals surface area contributed by atoms with E-state index < -0.39 is 36.0 Å². The molecule has 1 aromatic carbocycles. The number of carbonyl (C=O) groups excluding carboxylic acids is 1. The Balaban J connectivity index is 1.94. The molecule has 2 heterocycles. The van der Waals surface area contributed by atoms with E-state index in [1.54, 1.807) is 0 Å². The number of nitrogens with zero attached hydrogens (tertiary/aromatic N) is 1. The molecule has 24 heavy (non-hydrogen) atoms. The quantitative estimate of drug-likeness (QED) is 0.806. The number of rotatable bonds is 1. The van der Waals surface area contributed by atoms with Gasteiger partial charge in [-0.15, -0.1) is 0 Å². The second kappa shape index (κ2) is 5.90. The van der Waals surface area contributed by atoms with Crippen LogP contribution < -0.4 is 5.43 Å². The standard InChI is InChI=1S/C15H12F4N2O3/c16-8-1-2-11-9(5-8)13(22)10(6-20-11)14(23)21-3-4-24-12(7-21)15(17,18)19/h1-2,5-6,12H,3-4,7H2,(H,20,22). The largest absolute Gasteiger partial charge is 0.416 e. The van der Waals surface area contributed by atoms with Crippen molar-refractivity contribution in [2.45, 2.75) is 12.3 Å². The first kappa shape index (κ1) is 16.4. The van der Waals surface area contributed by atoms with Crippen LogP contribution in [0.25, 0.3) is 10.9 Å². The third-order valence-corrected chi connectivity index (χ3v) is 3.79. The van der Waals surface area contributed by atoms with E-state index in [-0.39, 0.29) is 24.1 Å². The molecule has 1 saturated heterocycles. The Hall–Kier alpha value is -2.42. The second-order valence-electron chi connectivity index (χ2n) is 5.37. The van der Waals surface area contributed by atoms with Crippen LogP contribution in [0, 0.1) is 5.82 Å². The zero-order valence-electron chi connectivity index (χ0n) is 12.2. The summed E-state index contributed by atoms with van der Waals surface area (Å²) in [6.07, 6.45) is -5.56. The number of hydrogen-bond donors (Lipinski definition) is 1. The van der Waals surface area contributed by atoms with Crippen LogP contribution in [-0.4, -0.2) is 47.8 Å². The summed E-state index contributed by atoms with van der Waals surface area (Å²) in [7, 11) is 0. The van der Waals surface area contributed by atoms with Crippen LogP contribution in [0.2, 0.25) is 0 Å². The van der Waals surface area contributed by atoms with E-state index in [9.17, 15) is 27.2 Å². The fourth-order valence-electron chi connectivity index (χ4n) is 2.55. The van der Waals surface area contributed by atoms with Gasteiger partial charge in [0.25, 0.3) is 5.91 Å². The molecule has 1 unspecified atom stereocenters. The van der Waals surface area contributed by atoms with Gasteiger partial charge in [0.15, 0.2) is 6.10 Å². The Morgan fingerprint density at radius 1 is 1.33 bits per heavy atom. The van der Waals surface area contributed by atoms with E-state index in [0.29, 0.717) is 5.52 Å². The number of hydrogen-bond acceptors (Lipinski definition) is 3. The number of aromatic amines is 1. The summed E-state index contributed by atoms with van der Waals surface area (Å²) in [6.45, 7) is -1.04. The molecule has 2 aromatic rings. The highest BCUT2D eigenvalue weighted by atomic mass is 19.4. The molecule has 0 bridgehead atoms. The van der Waals surface area contributed by atoms with Crippen molar-refractivity contribution in [3.63, 3.8) is 0 Å². The van der Waals surface area contributed by atoms with Crippen molar-refractivity contribution in [3.05, 3.63) is 46.0 Å². The zero-order chi connectivity index (χ0) is 17.5. The molecule has 1 aliphatic heterocycles. The fraction of sp³-hybridized carbons (Fsp3) is 0.333. The first-order chi connectivity index (χ1) is 11.3. The molecule has 0 saturated carbocycles. The summed E-state index contributed by atoms with van der Waals surface area (Å²) in [5.41, 5.74) is -0.743. The lowest BCUT2D eigenvalue weighted by molar-refractivity contribution is -0.233. The Labute approximate surface area is 132 Å². The van der Waals surface area contributed by atoms with Crippen molar-refractivity contribution in [1.29, 1.82) is 0 Å². The third kappa shape index (κ3) is 2.99. The van der Waals surface area contributed by atoms with Crippen LogP contribution in [0.5, 0.6) is 0 Å². The number of H-pyrrole nitrogens is 1. The molecule has 5 nitrogen and oxygen atoms in total. The predicted molar refractivity (Wildman–Crippen MR) is 76.2 cm³/mol. The van der Waals surface area contributed by atoms with Crippen molar-refractivity contribution in [2.75, 3.05) is 19.7 Å². The van der Waals surface area contributed by atoms with Gasteiger partial charge in [-0.25, -0.2) is 4.39 Å². The van der Waals surface area contributed by atoms with Crippen molar-refractivity contribution in [1.82, 2.24) is 9.88 Å². The summed E-state index contributed by atoms with van der Waals surface area (Å²) in [5, 5.41) is -0.0403. The fourth-order valence-corrected chi connectivity index (χ4v) is 2.55. The number of pyridine rings is 1. The second-order valence-corrected chi connectivity index (χ2v) is 5.37. The summed E-state index contributed by atoms with van der Waals surface area (Å²) in [5.74, 6) is -1.50. The minimum absolute atomic E-state index is 0.0403. The number of ether oxygens (including phenoxy) is 1. The number of amides is 1. The lowest BCUT2D eigenvalue weighted by Gasteiger charge is -2.33. The highest BCUT2D eigenvalue weighted by molar-refractivity contribution is 5.97. The summed E-state index contributed by atoms with van der Waals surface area (Å²) < 4.78 is 56.1. The monoisotopic (exact) mass is 344 g/mol. The average Bonchev–Trinajstić information content (AvgIpc) is 2.54. The van der Waals surface area contributed by atoms with E-state index in [0.717, 1.165) is 23.2 Å². The van der Waals surface area contributed by atoms with Crippen LogP contribution >= 0.6 is 0 Å². The zero-order valence-corrected chi connectivity index (χ0v) is 12.2. The maximum atomic E-state index is 13.3. The Morgan fingerprint density at radius 2 is 2.08 bits per heavy atom. The molecule has 128 valence electrons. The number of morpholine rings is 1. The van der Waals surface area contributed by atoms with Gasteiger partial charge in [0, 0.05) is 23.6 Å². The lowest BCUT2D eigenvalue weighted by Crippen LogP contribution is -2.51. The van der Waals surface area contributed by atoms with Gasteiger partial charge in [0.1, 0.15) is 11.4 Å². The van der Waals surface area contributed by atoms with Gasteiger partial charge >= 0.3 is 6.18 Å². The summed E-state index contributed by atoms with van der Waals surface area (Å²) >= 11 is 0. The van der Waals surface area contributed by atoms with E-state index in [2.05, 4.69) is 9.72 Å². The molecule has 1 aliphatic rings. The number of alkyl halides is 3. The molecule has 3 rings (SSSR count). The number of carbonyl (C=O) groups is 1. The normalized spacial score (nSPS) is 18.8. The first-order valence-corrected chi connectivity index (χ1v) is 7.06. The van der Waals surface area contributed by atoms with E-state index in [1.165, 1.54) is 6.07 Å². The molecule has 1 fully saturated rings. The molecule has 9 heteroatoms. The number of aromatic nitrogens is 1. The molecule has 1 N–H and O–H groups in total. The van der Waals surface area contributed by atoms with Gasteiger partial charge in [0.05, 0.1) is 13.2 Å². The summed E-state index contributed by atoms with van der Waals surface area (Å²) in [4.78, 5) is 28.4. The highest BCUT2D eigenvalue weighted by Gasteiger charge is 2.44. The van der Waals surface area contributed by atoms with Gasteiger partial charge in [-0.05, 0) is 18.2 Å². The van der Waals surface area contributed by atoms with E-state index >= 15 is 0 Å². The Kier molecular flexibility index (Phi) is 4.04. The molecular weight excluding hydrogens is 332 g/mol. The van der Waals surface area contributed by atoms with E-state index in [4.69, 9.17) is 0 Å². The summed E-state index contributed by atoms with van der Waals surface area (Å²) in [6, 6.07) is 3.47. The van der Waals surface area contributed by atoms with Crippen LogP contribution in [0.1, 0.15) is 10.4 Å². The average molecular weight is 344 g/mol. The molecule has 1 atom stereocenters. The van der Waals surface area contributed by atoms with Crippen molar-refractivity contribution >= 4 is 16.8 Å². The van der Waals surface area contributed by atoms with Crippen molar-refractivity contribution in [3.8, 4) is 0 Å². The van der Waals surface area contributed by atoms with Gasteiger partial charge in [0.2, 0.25) is 5.43 Å². The maximum Gasteiger partial charge on any atom is 0.416 e. The lowest BCUT2D eigenvalue weighted by atomic mass is 10.1. The van der Waals surface area contributed by atoms with Gasteiger partial charge in [-0.3, -0.25) is 9.59 Å². The van der Waals surface area contributed by atoms with E-state index in [1.807, 2.05) is 0 Å². The Bertz CT molecular complexity index is 847. The van der Waals surface area contributed by atoms with Crippen LogP contribution in [-0.2, 0) is 4.74 Å². The van der Waals surface area contributed by atoms with Gasteiger partial charge in [-0.1, -0.05) is 0 Å². The SMILES string of the molecule is O=C(c1c[nH]c2ccc(F)cc2c1=O)N1CCOC(C(F)(F)F)C1. The Morgan fingerprint density at radius 3 is 2.79 bits per heavy atom. The van der Waals surface area contributed by atoms with Gasteiger partial charge < -0.3 is 14.6 Å². The number of nitrogens with one attached hydrogen (secondary N) is 1. The number of benzene rings is 1. The smallest absolute Gasteiger partial charge is 0.365 e. The predicted octanol–water partition coefficient (Wildman–Crippen LogP) is 2.07. The highest BCUT2D eigenvalue weighted by Crippen LogP contribution is 2.26. The molecule has 1 amide bonds.